The predicted molar refractivity (Wildman–Crippen MR) is 154 cm³/mol. The van der Waals surface area contributed by atoms with E-state index in [1.807, 2.05) is 54.5 Å². The summed E-state index contributed by atoms with van der Waals surface area (Å²) in [5, 5.41) is 14.4. The number of rotatable bonds is 7. The lowest BCUT2D eigenvalue weighted by molar-refractivity contribution is 0.0443. The molecule has 5 rings (SSSR count). The van der Waals surface area contributed by atoms with Gasteiger partial charge in [0.2, 0.25) is 5.89 Å². The van der Waals surface area contributed by atoms with Gasteiger partial charge >= 0.3 is 6.09 Å². The molecule has 1 aliphatic heterocycles. The highest BCUT2D eigenvalue weighted by Gasteiger charge is 2.37. The summed E-state index contributed by atoms with van der Waals surface area (Å²) in [6.07, 6.45) is 1.56. The maximum atomic E-state index is 13.5. The molecule has 3 aromatic heterocycles. The van der Waals surface area contributed by atoms with Crippen molar-refractivity contribution in [3.63, 3.8) is 0 Å². The second-order valence-electron chi connectivity index (χ2n) is 11.4. The smallest absolute Gasteiger partial charge is 0.408 e. The fourth-order valence-corrected chi connectivity index (χ4v) is 5.81. The van der Waals surface area contributed by atoms with Crippen molar-refractivity contribution in [2.24, 2.45) is 0 Å². The van der Waals surface area contributed by atoms with Crippen molar-refractivity contribution in [1.82, 2.24) is 30.4 Å². The van der Waals surface area contributed by atoms with Crippen molar-refractivity contribution in [3.05, 3.63) is 81.8 Å². The van der Waals surface area contributed by atoms with Gasteiger partial charge in [0, 0.05) is 24.0 Å². The average molecular weight is 575 g/mol. The summed E-state index contributed by atoms with van der Waals surface area (Å²) in [6.45, 7) is 9.81. The van der Waals surface area contributed by atoms with Crippen LogP contribution in [0, 0.1) is 6.92 Å². The number of hydrogen-bond donors (Lipinski definition) is 1. The van der Waals surface area contributed by atoms with Crippen LogP contribution in [-0.4, -0.2) is 49.2 Å². The van der Waals surface area contributed by atoms with Crippen LogP contribution in [0.25, 0.3) is 11.6 Å². The van der Waals surface area contributed by atoms with E-state index in [4.69, 9.17) is 9.15 Å². The van der Waals surface area contributed by atoms with E-state index < -0.39 is 17.2 Å². The number of carbonyl (C=O) groups is 2. The zero-order valence-electron chi connectivity index (χ0n) is 23.9. The van der Waals surface area contributed by atoms with Gasteiger partial charge in [0.1, 0.15) is 27.5 Å². The molecule has 1 aromatic carbocycles. The summed E-state index contributed by atoms with van der Waals surface area (Å²) in [7, 11) is 0. The van der Waals surface area contributed by atoms with Crippen LogP contribution in [0.15, 0.2) is 58.3 Å². The number of alkyl carbamates (subject to hydrolysis) is 1. The van der Waals surface area contributed by atoms with Crippen LogP contribution in [0.1, 0.15) is 79.2 Å². The first-order valence-electron chi connectivity index (χ1n) is 13.6. The molecule has 0 spiro atoms. The average Bonchev–Trinajstić information content (AvgIpc) is 3.68. The van der Waals surface area contributed by atoms with E-state index in [9.17, 15) is 9.59 Å². The molecule has 2 atom stereocenters. The number of hydrogen-bond acceptors (Lipinski definition) is 9. The van der Waals surface area contributed by atoms with Gasteiger partial charge in [-0.25, -0.2) is 14.8 Å². The van der Waals surface area contributed by atoms with Crippen molar-refractivity contribution in [1.29, 1.82) is 0 Å². The van der Waals surface area contributed by atoms with Crippen LogP contribution in [0.3, 0.4) is 0 Å². The van der Waals surface area contributed by atoms with Crippen molar-refractivity contribution < 1.29 is 18.7 Å². The minimum absolute atomic E-state index is 0.0562. The molecule has 4 aromatic rings. The fraction of sp³-hybridized carbons (Fsp3) is 0.400. The summed E-state index contributed by atoms with van der Waals surface area (Å²) in [4.78, 5) is 37.4. The van der Waals surface area contributed by atoms with Gasteiger partial charge in [0.05, 0.1) is 6.04 Å². The van der Waals surface area contributed by atoms with Gasteiger partial charge < -0.3 is 19.4 Å². The molecule has 11 heteroatoms. The molecule has 41 heavy (non-hydrogen) atoms. The quantitative estimate of drug-likeness (QED) is 0.291. The highest BCUT2D eigenvalue weighted by molar-refractivity contribution is 7.09. The van der Waals surface area contributed by atoms with Crippen LogP contribution >= 0.6 is 11.3 Å². The van der Waals surface area contributed by atoms with E-state index in [1.54, 1.807) is 50.3 Å². The largest absolute Gasteiger partial charge is 0.444 e. The Bertz CT molecular complexity index is 1530. The highest BCUT2D eigenvalue weighted by Crippen LogP contribution is 2.35. The van der Waals surface area contributed by atoms with Gasteiger partial charge in [-0.3, -0.25) is 4.79 Å². The molecule has 0 saturated carbocycles. The predicted octanol–water partition coefficient (Wildman–Crippen LogP) is 5.86. The maximum Gasteiger partial charge on any atom is 0.408 e. The molecule has 1 N–H and O–H groups in total. The minimum Gasteiger partial charge on any atom is -0.444 e. The lowest BCUT2D eigenvalue weighted by Gasteiger charge is -2.29. The molecule has 4 heterocycles. The Kier molecular flexibility index (Phi) is 7.90. The number of ether oxygens (including phenoxy) is 1. The molecule has 0 unspecified atom stereocenters. The Hall–Kier alpha value is -4.12. The number of aryl methyl sites for hydroxylation is 1. The molecule has 0 aliphatic carbocycles. The van der Waals surface area contributed by atoms with E-state index in [0.29, 0.717) is 24.4 Å². The number of nitrogens with zero attached hydrogens (tertiary/aromatic N) is 5. The lowest BCUT2D eigenvalue weighted by atomic mass is 9.92. The Balaban J connectivity index is 1.40. The monoisotopic (exact) mass is 574 g/mol. The maximum absolute atomic E-state index is 13.5. The van der Waals surface area contributed by atoms with Crippen molar-refractivity contribution in [2.75, 3.05) is 6.54 Å². The van der Waals surface area contributed by atoms with Crippen LogP contribution < -0.4 is 5.32 Å². The SMILES string of the molecule is Cc1csc([C@H]2CCCN2C(=O)c2cccc(-c3nnc([C@@](C)(Cc4ccccc4)NC(=O)OC(C)(C)C)o3)n2)n1. The van der Waals surface area contributed by atoms with Gasteiger partial charge in [0.15, 0.2) is 0 Å². The van der Waals surface area contributed by atoms with Gasteiger partial charge in [-0.1, -0.05) is 36.4 Å². The van der Waals surface area contributed by atoms with Gasteiger partial charge in [0.25, 0.3) is 11.8 Å². The van der Waals surface area contributed by atoms with E-state index in [-0.39, 0.29) is 23.7 Å². The zero-order chi connectivity index (χ0) is 29.2. The van der Waals surface area contributed by atoms with Crippen molar-refractivity contribution in [3.8, 4) is 11.6 Å². The molecule has 1 aliphatic rings. The van der Waals surface area contributed by atoms with Crippen LogP contribution in [0.4, 0.5) is 4.79 Å². The number of aromatic nitrogens is 4. The molecular weight excluding hydrogens is 540 g/mol. The third kappa shape index (κ3) is 6.62. The molecular formula is C30H34N6O4S. The third-order valence-electron chi connectivity index (χ3n) is 6.70. The van der Waals surface area contributed by atoms with Crippen LogP contribution in [0.5, 0.6) is 0 Å². The number of nitrogens with one attached hydrogen (secondary N) is 1. The number of likely N-dealkylation sites (tertiary alicyclic amines) is 1. The molecule has 0 bridgehead atoms. The lowest BCUT2D eigenvalue weighted by Crippen LogP contribution is -2.47. The van der Waals surface area contributed by atoms with E-state index in [1.165, 1.54) is 0 Å². The Morgan fingerprint density at radius 1 is 1.07 bits per heavy atom. The summed E-state index contributed by atoms with van der Waals surface area (Å²) >= 11 is 1.58. The number of carbonyl (C=O) groups excluding carboxylic acids is 2. The zero-order valence-corrected chi connectivity index (χ0v) is 24.7. The number of benzene rings is 1. The minimum atomic E-state index is -1.07. The van der Waals surface area contributed by atoms with Crippen LogP contribution in [-0.2, 0) is 16.7 Å². The second-order valence-corrected chi connectivity index (χ2v) is 12.3. The molecule has 0 radical (unpaired) electrons. The highest BCUT2D eigenvalue weighted by atomic mass is 32.1. The molecule has 2 amide bonds. The van der Waals surface area contributed by atoms with Crippen LogP contribution in [0.2, 0.25) is 0 Å². The first-order valence-corrected chi connectivity index (χ1v) is 14.5. The van der Waals surface area contributed by atoms with E-state index >= 15 is 0 Å². The fourth-order valence-electron chi connectivity index (χ4n) is 4.87. The Morgan fingerprint density at radius 3 is 2.56 bits per heavy atom. The number of amides is 2. The topological polar surface area (TPSA) is 123 Å². The number of pyridine rings is 1. The normalized spacial score (nSPS) is 16.8. The van der Waals surface area contributed by atoms with Gasteiger partial charge in [-0.2, -0.15) is 0 Å². The first kappa shape index (κ1) is 28.4. The molecule has 214 valence electrons. The summed E-state index contributed by atoms with van der Waals surface area (Å²) in [6, 6.07) is 14.8. The second kappa shape index (κ2) is 11.4. The Morgan fingerprint density at radius 2 is 1.85 bits per heavy atom. The van der Waals surface area contributed by atoms with Crippen molar-refractivity contribution >= 4 is 23.3 Å². The standard InChI is InChI=1S/C30H34N6O4S/c1-19-18-41-25(31-19)23-15-10-16-36(23)26(37)22-14-9-13-21(32-22)24-34-35-27(39-24)30(5,17-20-11-7-6-8-12-20)33-28(38)40-29(2,3)4/h6-9,11-14,18,23H,10,15-17H2,1-5H3,(H,33,38)/t23-,30-/m1/s1. The Labute approximate surface area is 243 Å². The van der Waals surface area contributed by atoms with E-state index in [2.05, 4.69) is 25.5 Å². The summed E-state index contributed by atoms with van der Waals surface area (Å²) in [5.74, 6) is 0.176. The summed E-state index contributed by atoms with van der Waals surface area (Å²) < 4.78 is 11.6. The van der Waals surface area contributed by atoms with Crippen molar-refractivity contribution in [2.45, 2.75) is 71.1 Å². The summed E-state index contributed by atoms with van der Waals surface area (Å²) in [5.41, 5.74) is 0.832. The molecule has 10 nitrogen and oxygen atoms in total. The third-order valence-corrected chi connectivity index (χ3v) is 7.76. The molecule has 1 saturated heterocycles. The molecule has 1 fully saturated rings. The van der Waals surface area contributed by atoms with Gasteiger partial charge in [-0.05, 0) is 65.2 Å². The first-order chi connectivity index (χ1) is 19.5. The van der Waals surface area contributed by atoms with E-state index in [0.717, 1.165) is 29.1 Å². The number of thiazole rings is 1. The van der Waals surface area contributed by atoms with Gasteiger partial charge in [-0.15, -0.1) is 21.5 Å².